The molecule has 1 aromatic heterocycles. The summed E-state index contributed by atoms with van der Waals surface area (Å²) in [6.07, 6.45) is -3.57. The minimum atomic E-state index is -4.30. The zero-order valence-corrected chi connectivity index (χ0v) is 12.1. The van der Waals surface area contributed by atoms with Gasteiger partial charge in [-0.15, -0.1) is 11.8 Å². The Labute approximate surface area is 121 Å². The Balaban J connectivity index is 2.59. The smallest absolute Gasteiger partial charge is 0.318 e. The lowest BCUT2D eigenvalue weighted by atomic mass is 10.3. The van der Waals surface area contributed by atoms with Crippen LogP contribution in [0.5, 0.6) is 0 Å². The number of thioether (sulfide) groups is 1. The number of hydrogen-bond donors (Lipinski definition) is 0. The number of alkyl halides is 3. The van der Waals surface area contributed by atoms with Gasteiger partial charge in [-0.05, 0) is 18.4 Å². The monoisotopic (exact) mass is 328 g/mol. The van der Waals surface area contributed by atoms with Crippen LogP contribution in [-0.2, 0) is 12.3 Å². The first kappa shape index (κ1) is 14.8. The third-order valence-electron chi connectivity index (χ3n) is 2.49. The van der Waals surface area contributed by atoms with Crippen molar-refractivity contribution in [3.8, 4) is 0 Å². The maximum Gasteiger partial charge on any atom is 0.396 e. The van der Waals surface area contributed by atoms with Crippen LogP contribution in [0, 0.1) is 0 Å². The maximum absolute atomic E-state index is 12.5. The van der Waals surface area contributed by atoms with Gasteiger partial charge in [-0.1, -0.05) is 23.2 Å². The number of hydrogen-bond acceptors (Lipinski definition) is 2. The third kappa shape index (κ3) is 3.30. The first-order valence-corrected chi connectivity index (χ1v) is 7.36. The standard InChI is InChI=1S/C11H9Cl2F3N2S/c1-19-5-18-9-3-7(13)6(12)2-8(9)17-10(18)4-11(14,15)16/h2-3H,4-5H2,1H3. The van der Waals surface area contributed by atoms with Crippen LogP contribution < -0.4 is 0 Å². The second kappa shape index (κ2) is 5.42. The highest BCUT2D eigenvalue weighted by Crippen LogP contribution is 2.31. The molecular weight excluding hydrogens is 320 g/mol. The van der Waals surface area contributed by atoms with E-state index < -0.39 is 12.6 Å². The lowest BCUT2D eigenvalue weighted by Crippen LogP contribution is -2.16. The van der Waals surface area contributed by atoms with Gasteiger partial charge in [-0.3, -0.25) is 0 Å². The summed E-state index contributed by atoms with van der Waals surface area (Å²) in [5, 5.41) is 0.580. The Bertz CT molecular complexity index is 610. The van der Waals surface area contributed by atoms with Gasteiger partial charge in [0.1, 0.15) is 12.2 Å². The highest BCUT2D eigenvalue weighted by atomic mass is 35.5. The highest BCUT2D eigenvalue weighted by molar-refractivity contribution is 7.97. The van der Waals surface area contributed by atoms with E-state index in [9.17, 15) is 13.2 Å². The minimum Gasteiger partial charge on any atom is -0.318 e. The zero-order valence-electron chi connectivity index (χ0n) is 9.76. The first-order chi connectivity index (χ1) is 8.81. The van der Waals surface area contributed by atoms with Crippen molar-refractivity contribution in [2.75, 3.05) is 6.26 Å². The summed E-state index contributed by atoms with van der Waals surface area (Å²) in [5.41, 5.74) is 0.978. The van der Waals surface area contributed by atoms with E-state index in [1.807, 2.05) is 0 Å². The Kier molecular flexibility index (Phi) is 4.23. The van der Waals surface area contributed by atoms with Crippen LogP contribution in [0.1, 0.15) is 5.82 Å². The van der Waals surface area contributed by atoms with Gasteiger partial charge in [0.05, 0.1) is 27.0 Å². The molecule has 0 N–H and O–H groups in total. The Morgan fingerprint density at radius 3 is 2.47 bits per heavy atom. The highest BCUT2D eigenvalue weighted by Gasteiger charge is 2.31. The van der Waals surface area contributed by atoms with Gasteiger partial charge in [-0.2, -0.15) is 13.2 Å². The predicted molar refractivity (Wildman–Crippen MR) is 73.0 cm³/mol. The van der Waals surface area contributed by atoms with Crippen LogP contribution in [0.15, 0.2) is 12.1 Å². The fraction of sp³-hybridized carbons (Fsp3) is 0.364. The van der Waals surface area contributed by atoms with Crippen molar-refractivity contribution in [3.05, 3.63) is 28.0 Å². The summed E-state index contributed by atoms with van der Waals surface area (Å²) in [5.74, 6) is 0.343. The lowest BCUT2D eigenvalue weighted by molar-refractivity contribution is -0.128. The van der Waals surface area contributed by atoms with Gasteiger partial charge < -0.3 is 4.57 Å². The molecule has 0 saturated heterocycles. The van der Waals surface area contributed by atoms with Crippen molar-refractivity contribution in [1.29, 1.82) is 0 Å². The first-order valence-electron chi connectivity index (χ1n) is 5.21. The normalized spacial score (nSPS) is 12.3. The van der Waals surface area contributed by atoms with Crippen LogP contribution in [0.3, 0.4) is 0 Å². The molecule has 0 amide bonds. The molecule has 0 aliphatic heterocycles. The molecule has 0 saturated carbocycles. The molecule has 0 fully saturated rings. The Hall–Kier alpha value is -0.590. The third-order valence-corrected chi connectivity index (χ3v) is 3.72. The van der Waals surface area contributed by atoms with Crippen molar-refractivity contribution < 1.29 is 13.2 Å². The molecule has 2 nitrogen and oxygen atoms in total. The van der Waals surface area contributed by atoms with Crippen molar-refractivity contribution in [2.24, 2.45) is 0 Å². The maximum atomic E-state index is 12.5. The molecule has 104 valence electrons. The molecule has 2 rings (SSSR count). The summed E-state index contributed by atoms with van der Waals surface area (Å²) >= 11 is 13.2. The van der Waals surface area contributed by atoms with E-state index in [4.69, 9.17) is 23.2 Å². The van der Waals surface area contributed by atoms with Gasteiger partial charge >= 0.3 is 6.18 Å². The van der Waals surface area contributed by atoms with E-state index >= 15 is 0 Å². The molecule has 0 bridgehead atoms. The van der Waals surface area contributed by atoms with Crippen molar-refractivity contribution in [1.82, 2.24) is 9.55 Å². The number of halogens is 5. The van der Waals surface area contributed by atoms with E-state index in [1.54, 1.807) is 12.3 Å². The molecule has 8 heteroatoms. The topological polar surface area (TPSA) is 17.8 Å². The molecule has 0 aliphatic carbocycles. The Morgan fingerprint density at radius 2 is 1.89 bits per heavy atom. The number of imidazole rings is 1. The van der Waals surface area contributed by atoms with E-state index in [1.165, 1.54) is 22.4 Å². The Morgan fingerprint density at radius 1 is 1.26 bits per heavy atom. The van der Waals surface area contributed by atoms with Crippen LogP contribution in [0.4, 0.5) is 13.2 Å². The summed E-state index contributed by atoms with van der Waals surface area (Å²) < 4.78 is 39.1. The van der Waals surface area contributed by atoms with Gasteiger partial charge in [-0.25, -0.2) is 4.98 Å². The number of aromatic nitrogens is 2. The lowest BCUT2D eigenvalue weighted by Gasteiger charge is -2.09. The molecule has 1 heterocycles. The van der Waals surface area contributed by atoms with E-state index in [2.05, 4.69) is 4.98 Å². The second-order valence-electron chi connectivity index (χ2n) is 3.92. The average molecular weight is 329 g/mol. The van der Waals surface area contributed by atoms with Crippen molar-refractivity contribution in [3.63, 3.8) is 0 Å². The average Bonchev–Trinajstić information content (AvgIpc) is 2.56. The van der Waals surface area contributed by atoms with Crippen LogP contribution in [0.2, 0.25) is 10.0 Å². The summed E-state index contributed by atoms with van der Waals surface area (Å²) in [6, 6.07) is 3.03. The van der Waals surface area contributed by atoms with Gasteiger partial charge in [0.25, 0.3) is 0 Å². The van der Waals surface area contributed by atoms with E-state index in [-0.39, 0.29) is 10.8 Å². The molecule has 0 radical (unpaired) electrons. The molecule has 0 spiro atoms. The second-order valence-corrected chi connectivity index (χ2v) is 5.57. The van der Waals surface area contributed by atoms with Crippen LogP contribution in [-0.4, -0.2) is 22.0 Å². The predicted octanol–water partition coefficient (Wildman–Crippen LogP) is 4.77. The molecular formula is C11H9Cl2F3N2S. The fourth-order valence-electron chi connectivity index (χ4n) is 1.76. The zero-order chi connectivity index (χ0) is 14.2. The SMILES string of the molecule is CSCn1c(CC(F)(F)F)nc2cc(Cl)c(Cl)cc21. The number of nitrogens with zero attached hydrogens (tertiary/aromatic N) is 2. The molecule has 2 aromatic rings. The quantitative estimate of drug-likeness (QED) is 0.807. The van der Waals surface area contributed by atoms with Gasteiger partial charge in [0.2, 0.25) is 0 Å². The molecule has 0 unspecified atom stereocenters. The summed E-state index contributed by atoms with van der Waals surface area (Å²) in [7, 11) is 0. The molecule has 0 atom stereocenters. The van der Waals surface area contributed by atoms with Crippen LogP contribution in [0.25, 0.3) is 11.0 Å². The minimum absolute atomic E-state index is 0.0322. The van der Waals surface area contributed by atoms with Gasteiger partial charge in [0, 0.05) is 0 Å². The molecule has 1 aromatic carbocycles. The van der Waals surface area contributed by atoms with Gasteiger partial charge in [0.15, 0.2) is 0 Å². The molecule has 19 heavy (non-hydrogen) atoms. The summed E-state index contributed by atoms with van der Waals surface area (Å²) in [4.78, 5) is 4.01. The van der Waals surface area contributed by atoms with Crippen molar-refractivity contribution >= 4 is 46.0 Å². The summed E-state index contributed by atoms with van der Waals surface area (Å²) in [6.45, 7) is 0. The molecule has 0 aliphatic rings. The largest absolute Gasteiger partial charge is 0.396 e. The van der Waals surface area contributed by atoms with Crippen molar-refractivity contribution in [2.45, 2.75) is 18.5 Å². The fourth-order valence-corrected chi connectivity index (χ4v) is 2.62. The number of rotatable bonds is 3. The van der Waals surface area contributed by atoms with E-state index in [0.717, 1.165) is 0 Å². The van der Waals surface area contributed by atoms with Crippen LogP contribution >= 0.6 is 35.0 Å². The van der Waals surface area contributed by atoms with E-state index in [0.29, 0.717) is 21.9 Å². The number of benzene rings is 1. The number of fused-ring (bicyclic) bond motifs is 1.